The second-order valence-electron chi connectivity index (χ2n) is 8.84. The van der Waals surface area contributed by atoms with E-state index in [-0.39, 0.29) is 0 Å². The van der Waals surface area contributed by atoms with E-state index in [1.54, 1.807) is 0 Å². The summed E-state index contributed by atoms with van der Waals surface area (Å²) in [5, 5.41) is 4.22. The van der Waals surface area contributed by atoms with Crippen molar-refractivity contribution in [1.82, 2.24) is 10.1 Å². The monoisotopic (exact) mass is 385 g/mol. The first-order valence-electron chi connectivity index (χ1n) is 10.8. The Balaban J connectivity index is 1.36. The number of benzene rings is 2. The maximum absolute atomic E-state index is 5.55. The van der Waals surface area contributed by atoms with Crippen molar-refractivity contribution < 1.29 is 4.52 Å². The summed E-state index contributed by atoms with van der Waals surface area (Å²) in [6.45, 7) is 4.46. The van der Waals surface area contributed by atoms with Crippen molar-refractivity contribution in [2.45, 2.75) is 51.9 Å². The van der Waals surface area contributed by atoms with Crippen LogP contribution in [-0.2, 0) is 6.42 Å². The molecule has 1 unspecified atom stereocenters. The Kier molecular flexibility index (Phi) is 4.78. The van der Waals surface area contributed by atoms with Crippen LogP contribution in [0.3, 0.4) is 0 Å². The SMILES string of the molecule is CC(C)Cc1ccc(-c2nc(-c3ccc4c(c3)N=CC4C3CCCC3)no2)cc1. The van der Waals surface area contributed by atoms with Gasteiger partial charge in [0.1, 0.15) is 0 Å². The van der Waals surface area contributed by atoms with Gasteiger partial charge in [0.25, 0.3) is 5.89 Å². The van der Waals surface area contributed by atoms with Crippen molar-refractivity contribution in [3.8, 4) is 22.8 Å². The predicted octanol–water partition coefficient (Wildman–Crippen LogP) is 6.59. The zero-order chi connectivity index (χ0) is 19.8. The Labute approximate surface area is 172 Å². The highest BCUT2D eigenvalue weighted by Crippen LogP contribution is 2.44. The minimum absolute atomic E-state index is 0.478. The van der Waals surface area contributed by atoms with Crippen LogP contribution in [0.25, 0.3) is 22.8 Å². The van der Waals surface area contributed by atoms with Crippen LogP contribution in [0.5, 0.6) is 0 Å². The third-order valence-electron chi connectivity index (χ3n) is 6.20. The third kappa shape index (κ3) is 3.64. The molecule has 29 heavy (non-hydrogen) atoms. The molecule has 0 amide bonds. The van der Waals surface area contributed by atoms with Crippen molar-refractivity contribution in [3.05, 3.63) is 53.6 Å². The Hall–Kier alpha value is -2.75. The number of nitrogens with zero attached hydrogens (tertiary/aromatic N) is 3. The molecule has 1 aliphatic carbocycles. The van der Waals surface area contributed by atoms with Gasteiger partial charge in [-0.3, -0.25) is 4.99 Å². The lowest BCUT2D eigenvalue weighted by atomic mass is 9.86. The Morgan fingerprint density at radius 1 is 1.00 bits per heavy atom. The second-order valence-corrected chi connectivity index (χ2v) is 8.84. The van der Waals surface area contributed by atoms with Gasteiger partial charge < -0.3 is 4.52 Å². The Morgan fingerprint density at radius 3 is 2.52 bits per heavy atom. The lowest BCUT2D eigenvalue weighted by molar-refractivity contribution is 0.432. The summed E-state index contributed by atoms with van der Waals surface area (Å²) in [4.78, 5) is 9.33. The zero-order valence-corrected chi connectivity index (χ0v) is 17.1. The normalized spacial score (nSPS) is 18.7. The Morgan fingerprint density at radius 2 is 1.76 bits per heavy atom. The number of aromatic nitrogens is 2. The van der Waals surface area contributed by atoms with Gasteiger partial charge in [0, 0.05) is 23.3 Å². The lowest BCUT2D eigenvalue weighted by Crippen LogP contribution is -2.08. The molecule has 2 aliphatic rings. The van der Waals surface area contributed by atoms with Crippen LogP contribution in [0.15, 0.2) is 52.0 Å². The number of rotatable bonds is 5. The van der Waals surface area contributed by atoms with Crippen molar-refractivity contribution in [3.63, 3.8) is 0 Å². The second kappa shape index (κ2) is 7.58. The predicted molar refractivity (Wildman–Crippen MR) is 117 cm³/mol. The quantitative estimate of drug-likeness (QED) is 0.498. The van der Waals surface area contributed by atoms with Crippen LogP contribution >= 0.6 is 0 Å². The first-order valence-corrected chi connectivity index (χ1v) is 10.8. The molecule has 0 spiro atoms. The van der Waals surface area contributed by atoms with Crippen molar-refractivity contribution in [2.75, 3.05) is 0 Å². The van der Waals surface area contributed by atoms with Gasteiger partial charge in [-0.05, 0) is 60.4 Å². The fraction of sp³-hybridized carbons (Fsp3) is 0.400. The minimum atomic E-state index is 0.478. The number of fused-ring (bicyclic) bond motifs is 1. The Bertz CT molecular complexity index is 1030. The molecule has 5 rings (SSSR count). The standard InChI is InChI=1S/C25H27N3O/c1-16(2)13-17-7-9-19(10-8-17)25-27-24(28-29-25)20-11-12-21-22(15-26-23(21)14-20)18-5-3-4-6-18/h7-12,14-16,18,22H,3-6,13H2,1-2H3. The molecule has 148 valence electrons. The van der Waals surface area contributed by atoms with Gasteiger partial charge in [0.2, 0.25) is 5.82 Å². The van der Waals surface area contributed by atoms with Gasteiger partial charge in [-0.25, -0.2) is 0 Å². The fourth-order valence-corrected chi connectivity index (χ4v) is 4.72. The summed E-state index contributed by atoms with van der Waals surface area (Å²) in [6.07, 6.45) is 8.57. The van der Waals surface area contributed by atoms with Crippen LogP contribution < -0.4 is 0 Å². The molecule has 1 fully saturated rings. The minimum Gasteiger partial charge on any atom is -0.334 e. The van der Waals surface area contributed by atoms with Gasteiger partial charge in [-0.15, -0.1) is 0 Å². The average molecular weight is 386 g/mol. The number of aliphatic imine (C=N–C) groups is 1. The molecule has 0 radical (unpaired) electrons. The van der Waals surface area contributed by atoms with Crippen molar-refractivity contribution >= 4 is 11.9 Å². The summed E-state index contributed by atoms with van der Waals surface area (Å²) in [5.41, 5.74) is 5.65. The molecule has 1 atom stereocenters. The van der Waals surface area contributed by atoms with E-state index in [1.165, 1.54) is 36.8 Å². The van der Waals surface area contributed by atoms with Crippen LogP contribution in [0.2, 0.25) is 0 Å². The molecule has 1 saturated carbocycles. The zero-order valence-electron chi connectivity index (χ0n) is 17.1. The smallest absolute Gasteiger partial charge is 0.258 e. The van der Waals surface area contributed by atoms with Crippen LogP contribution in [-0.4, -0.2) is 16.4 Å². The van der Waals surface area contributed by atoms with Crippen LogP contribution in [0.1, 0.15) is 56.6 Å². The van der Waals surface area contributed by atoms with Crippen molar-refractivity contribution in [1.29, 1.82) is 0 Å². The molecule has 4 nitrogen and oxygen atoms in total. The largest absolute Gasteiger partial charge is 0.334 e. The van der Waals surface area contributed by atoms with Gasteiger partial charge in [-0.1, -0.05) is 56.1 Å². The summed E-state index contributed by atoms with van der Waals surface area (Å²) >= 11 is 0. The molecule has 4 heteroatoms. The maximum atomic E-state index is 5.55. The van der Waals surface area contributed by atoms with E-state index in [0.717, 1.165) is 29.2 Å². The number of hydrogen-bond donors (Lipinski definition) is 0. The summed E-state index contributed by atoms with van der Waals surface area (Å²) in [5.74, 6) is 3.05. The molecular formula is C25H27N3O. The fourth-order valence-electron chi connectivity index (χ4n) is 4.72. The van der Waals surface area contributed by atoms with E-state index >= 15 is 0 Å². The number of hydrogen-bond acceptors (Lipinski definition) is 4. The molecule has 1 aromatic heterocycles. The van der Waals surface area contributed by atoms with Gasteiger partial charge in [0.15, 0.2) is 0 Å². The lowest BCUT2D eigenvalue weighted by Gasteiger charge is -2.16. The highest BCUT2D eigenvalue weighted by Gasteiger charge is 2.29. The first-order chi connectivity index (χ1) is 14.2. The molecule has 2 aromatic carbocycles. The molecule has 0 N–H and O–H groups in total. The summed E-state index contributed by atoms with van der Waals surface area (Å²) in [7, 11) is 0. The highest BCUT2D eigenvalue weighted by molar-refractivity contribution is 5.83. The van der Waals surface area contributed by atoms with Crippen LogP contribution in [0.4, 0.5) is 5.69 Å². The molecule has 2 heterocycles. The van der Waals surface area contributed by atoms with E-state index in [2.05, 4.69) is 72.7 Å². The van der Waals surface area contributed by atoms with Gasteiger partial charge in [-0.2, -0.15) is 4.98 Å². The summed E-state index contributed by atoms with van der Waals surface area (Å²) < 4.78 is 5.55. The summed E-state index contributed by atoms with van der Waals surface area (Å²) in [6, 6.07) is 14.8. The highest BCUT2D eigenvalue weighted by atomic mass is 16.5. The van der Waals surface area contributed by atoms with E-state index in [4.69, 9.17) is 9.52 Å². The van der Waals surface area contributed by atoms with E-state index in [1.807, 2.05) is 0 Å². The topological polar surface area (TPSA) is 51.3 Å². The van der Waals surface area contributed by atoms with Crippen molar-refractivity contribution in [2.24, 2.45) is 16.8 Å². The molecular weight excluding hydrogens is 358 g/mol. The van der Waals surface area contributed by atoms with E-state index in [9.17, 15) is 0 Å². The third-order valence-corrected chi connectivity index (χ3v) is 6.20. The van der Waals surface area contributed by atoms with Gasteiger partial charge >= 0.3 is 0 Å². The average Bonchev–Trinajstić information content (AvgIpc) is 3.47. The first kappa shape index (κ1) is 18.3. The van der Waals surface area contributed by atoms with Crippen LogP contribution in [0, 0.1) is 11.8 Å². The molecule has 3 aromatic rings. The molecule has 0 bridgehead atoms. The molecule has 0 saturated heterocycles. The van der Waals surface area contributed by atoms with E-state index in [0.29, 0.717) is 23.6 Å². The van der Waals surface area contributed by atoms with E-state index < -0.39 is 0 Å². The molecule has 1 aliphatic heterocycles. The maximum Gasteiger partial charge on any atom is 0.258 e. The van der Waals surface area contributed by atoms with Gasteiger partial charge in [0.05, 0.1) is 5.69 Å².